The van der Waals surface area contributed by atoms with Gasteiger partial charge in [-0.05, 0) is 123 Å². The van der Waals surface area contributed by atoms with Gasteiger partial charge in [0.05, 0.1) is 0 Å². The fourth-order valence-corrected chi connectivity index (χ4v) is 9.59. The van der Waals surface area contributed by atoms with E-state index in [0.29, 0.717) is 0 Å². The fourth-order valence-electron chi connectivity index (χ4n) is 9.59. The molecule has 0 N–H and O–H groups in total. The molecule has 0 saturated carbocycles. The average molecular weight is 647 g/mol. The van der Waals surface area contributed by atoms with Gasteiger partial charge < -0.3 is 0 Å². The van der Waals surface area contributed by atoms with Gasteiger partial charge >= 0.3 is 0 Å². The zero-order chi connectivity index (χ0) is 33.8. The zero-order valence-electron chi connectivity index (χ0n) is 30.9. The van der Waals surface area contributed by atoms with Crippen LogP contribution in [0.25, 0.3) is 43.5 Å². The SMILES string of the molecule is CCCCCCCCC1(CCCCCCCC)C2=C(CCC(c3c4ccccc4c(C)c4cc5ccccc5cc34)=C2)c2ccc(C)cc21. The third-order valence-corrected chi connectivity index (χ3v) is 12.2. The van der Waals surface area contributed by atoms with Crippen LogP contribution in [0.5, 0.6) is 0 Å². The summed E-state index contributed by atoms with van der Waals surface area (Å²) in [4.78, 5) is 0. The Balaban J connectivity index is 1.37. The van der Waals surface area contributed by atoms with E-state index < -0.39 is 0 Å². The summed E-state index contributed by atoms with van der Waals surface area (Å²) in [5, 5.41) is 8.32. The van der Waals surface area contributed by atoms with E-state index in [0.717, 1.165) is 12.8 Å². The van der Waals surface area contributed by atoms with Gasteiger partial charge in [0, 0.05) is 5.41 Å². The maximum absolute atomic E-state index is 2.74. The molecule has 2 aliphatic carbocycles. The van der Waals surface area contributed by atoms with Crippen LogP contribution in [-0.2, 0) is 5.41 Å². The Morgan fingerprint density at radius 2 is 1.14 bits per heavy atom. The molecule has 0 heteroatoms. The van der Waals surface area contributed by atoms with Crippen LogP contribution in [0, 0.1) is 13.8 Å². The number of hydrogen-bond acceptors (Lipinski definition) is 0. The molecule has 0 saturated heterocycles. The lowest BCUT2D eigenvalue weighted by Crippen LogP contribution is -2.27. The molecule has 0 fully saturated rings. The summed E-state index contributed by atoms with van der Waals surface area (Å²) in [5.74, 6) is 0. The van der Waals surface area contributed by atoms with Crippen molar-refractivity contribution in [3.05, 3.63) is 118 Å². The van der Waals surface area contributed by atoms with E-state index in [1.807, 2.05) is 0 Å². The van der Waals surface area contributed by atoms with Gasteiger partial charge in [0.15, 0.2) is 0 Å². The lowest BCUT2D eigenvalue weighted by Gasteiger charge is -2.35. The van der Waals surface area contributed by atoms with Crippen LogP contribution in [0.3, 0.4) is 0 Å². The molecule has 5 aromatic rings. The predicted molar refractivity (Wildman–Crippen MR) is 217 cm³/mol. The highest BCUT2D eigenvalue weighted by atomic mass is 14.5. The Kier molecular flexibility index (Phi) is 10.4. The monoisotopic (exact) mass is 646 g/mol. The van der Waals surface area contributed by atoms with Crippen molar-refractivity contribution in [1.82, 2.24) is 0 Å². The van der Waals surface area contributed by atoms with E-state index in [1.165, 1.54) is 139 Å². The van der Waals surface area contributed by atoms with Crippen molar-refractivity contribution < 1.29 is 0 Å². The number of benzene rings is 5. The number of unbranched alkanes of at least 4 members (excludes halogenated alkanes) is 10. The molecule has 0 heterocycles. The molecule has 0 nitrogen and oxygen atoms in total. The zero-order valence-corrected chi connectivity index (χ0v) is 30.9. The number of rotatable bonds is 15. The molecule has 7 rings (SSSR count). The second-order valence-electron chi connectivity index (χ2n) is 15.5. The molecular formula is C49H58. The van der Waals surface area contributed by atoms with Gasteiger partial charge in [-0.15, -0.1) is 0 Å². The van der Waals surface area contributed by atoms with Gasteiger partial charge in [-0.1, -0.05) is 169 Å². The van der Waals surface area contributed by atoms with Crippen LogP contribution in [0.4, 0.5) is 0 Å². The first-order valence-electron chi connectivity index (χ1n) is 20.0. The Morgan fingerprint density at radius 3 is 1.82 bits per heavy atom. The Bertz CT molecular complexity index is 2000. The van der Waals surface area contributed by atoms with Crippen molar-refractivity contribution in [1.29, 1.82) is 0 Å². The molecule has 0 spiro atoms. The van der Waals surface area contributed by atoms with Crippen LogP contribution in [0.2, 0.25) is 0 Å². The third-order valence-electron chi connectivity index (χ3n) is 12.2. The first-order valence-corrected chi connectivity index (χ1v) is 20.0. The van der Waals surface area contributed by atoms with Crippen molar-refractivity contribution in [3.8, 4) is 0 Å². The molecule has 0 aliphatic heterocycles. The van der Waals surface area contributed by atoms with E-state index in [4.69, 9.17) is 0 Å². The van der Waals surface area contributed by atoms with Gasteiger partial charge in [0.25, 0.3) is 0 Å². The second-order valence-corrected chi connectivity index (χ2v) is 15.5. The van der Waals surface area contributed by atoms with E-state index in [-0.39, 0.29) is 5.41 Å². The summed E-state index contributed by atoms with van der Waals surface area (Å²) in [6, 6.07) is 30.6. The summed E-state index contributed by atoms with van der Waals surface area (Å²) >= 11 is 0. The van der Waals surface area contributed by atoms with Crippen LogP contribution >= 0.6 is 0 Å². The molecular weight excluding hydrogens is 589 g/mol. The van der Waals surface area contributed by atoms with Gasteiger partial charge in [-0.2, -0.15) is 0 Å². The summed E-state index contributed by atoms with van der Waals surface area (Å²) in [5.41, 5.74) is 12.5. The highest BCUT2D eigenvalue weighted by Gasteiger charge is 2.44. The maximum atomic E-state index is 2.74. The fraction of sp³-hybridized carbons (Fsp3) is 0.429. The molecule has 0 unspecified atom stereocenters. The lowest BCUT2D eigenvalue weighted by atomic mass is 9.68. The Labute approximate surface area is 296 Å². The van der Waals surface area contributed by atoms with Crippen LogP contribution in [-0.4, -0.2) is 0 Å². The largest absolute Gasteiger partial charge is 0.0654 e. The van der Waals surface area contributed by atoms with Crippen molar-refractivity contribution in [2.24, 2.45) is 0 Å². The third kappa shape index (κ3) is 6.54. The van der Waals surface area contributed by atoms with Gasteiger partial charge in [0.2, 0.25) is 0 Å². The lowest BCUT2D eigenvalue weighted by molar-refractivity contribution is 0.394. The molecule has 0 radical (unpaired) electrons. The van der Waals surface area contributed by atoms with Crippen LogP contribution < -0.4 is 0 Å². The normalized spacial score (nSPS) is 15.3. The van der Waals surface area contributed by atoms with Crippen molar-refractivity contribution in [2.45, 2.75) is 136 Å². The minimum absolute atomic E-state index is 0.126. The van der Waals surface area contributed by atoms with E-state index in [2.05, 4.69) is 113 Å². The summed E-state index contributed by atoms with van der Waals surface area (Å²) in [6.07, 6.45) is 23.8. The Hall–Kier alpha value is -3.64. The molecule has 0 atom stereocenters. The molecule has 0 amide bonds. The first kappa shape index (κ1) is 33.8. The smallest absolute Gasteiger partial charge is 0.0212 e. The number of aryl methyl sites for hydroxylation is 2. The van der Waals surface area contributed by atoms with Gasteiger partial charge in [-0.3, -0.25) is 0 Å². The average Bonchev–Trinajstić information content (AvgIpc) is 3.38. The predicted octanol–water partition coefficient (Wildman–Crippen LogP) is 15.1. The highest BCUT2D eigenvalue weighted by molar-refractivity contribution is 6.15. The first-order chi connectivity index (χ1) is 24.1. The van der Waals surface area contributed by atoms with Crippen molar-refractivity contribution in [2.75, 3.05) is 0 Å². The van der Waals surface area contributed by atoms with E-state index in [1.54, 1.807) is 27.8 Å². The van der Waals surface area contributed by atoms with E-state index in [9.17, 15) is 0 Å². The number of fused-ring (bicyclic) bond motifs is 5. The topological polar surface area (TPSA) is 0 Å². The standard InChI is InChI=1S/C49H58/c1-5-7-9-11-13-19-29-49(30-20-14-12-10-8-6-2)46-31-35(3)25-27-41(46)42-28-26-39(34-47(42)49)48-43-24-18-17-23-40(43)36(4)44-32-37-21-15-16-22-38(37)33-45(44)48/h15-18,21-25,27,31-34H,5-14,19-20,26,28-30H2,1-4H3. The molecule has 2 aliphatic rings. The van der Waals surface area contributed by atoms with Crippen LogP contribution in [0.15, 0.2) is 90.5 Å². The van der Waals surface area contributed by atoms with Crippen molar-refractivity contribution in [3.63, 3.8) is 0 Å². The van der Waals surface area contributed by atoms with Gasteiger partial charge in [0.1, 0.15) is 0 Å². The minimum atomic E-state index is 0.126. The van der Waals surface area contributed by atoms with E-state index >= 15 is 0 Å². The van der Waals surface area contributed by atoms with Crippen LogP contribution in [0.1, 0.15) is 144 Å². The molecule has 49 heavy (non-hydrogen) atoms. The summed E-state index contributed by atoms with van der Waals surface area (Å²) in [6.45, 7) is 9.31. The number of allylic oxidation sites excluding steroid dienone is 4. The minimum Gasteiger partial charge on any atom is -0.0654 e. The maximum Gasteiger partial charge on any atom is 0.0212 e. The molecule has 254 valence electrons. The summed E-state index contributed by atoms with van der Waals surface area (Å²) < 4.78 is 0. The molecule has 0 bridgehead atoms. The molecule has 5 aromatic carbocycles. The van der Waals surface area contributed by atoms with Gasteiger partial charge in [-0.25, -0.2) is 0 Å². The Morgan fingerprint density at radius 1 is 0.551 bits per heavy atom. The number of hydrogen-bond donors (Lipinski definition) is 0. The highest BCUT2D eigenvalue weighted by Crippen LogP contribution is 2.57. The summed E-state index contributed by atoms with van der Waals surface area (Å²) in [7, 11) is 0. The van der Waals surface area contributed by atoms with Crippen molar-refractivity contribution >= 4 is 43.5 Å². The molecule has 0 aromatic heterocycles. The second kappa shape index (κ2) is 15.1. The quantitative estimate of drug-likeness (QED) is 0.0784.